The van der Waals surface area contributed by atoms with Crippen LogP contribution in [0.5, 0.6) is 0 Å². The first kappa shape index (κ1) is 17.0. The third-order valence-corrected chi connectivity index (χ3v) is 4.68. The third kappa shape index (κ3) is 5.06. The Morgan fingerprint density at radius 2 is 1.71 bits per heavy atom. The molecule has 1 aromatic carbocycles. The lowest BCUT2D eigenvalue weighted by Crippen LogP contribution is -2.47. The highest BCUT2D eigenvalue weighted by atomic mass is 15.3. The molecule has 2 aliphatic rings. The topological polar surface area (TPSA) is 43.2 Å². The van der Waals surface area contributed by atoms with Crippen molar-refractivity contribution >= 4 is 17.5 Å². The average Bonchev–Trinajstić information content (AvgIpc) is 2.58. The fourth-order valence-corrected chi connectivity index (χ4v) is 3.10. The van der Waals surface area contributed by atoms with Crippen molar-refractivity contribution in [3.8, 4) is 0 Å². The highest BCUT2D eigenvalue weighted by Gasteiger charge is 2.18. The van der Waals surface area contributed by atoms with Crippen LogP contribution in [0.25, 0.3) is 0 Å². The van der Waals surface area contributed by atoms with Crippen molar-refractivity contribution in [2.24, 2.45) is 9.98 Å². The molecule has 24 heavy (non-hydrogen) atoms. The monoisotopic (exact) mass is 327 g/mol. The molecule has 2 heterocycles. The largest absolute Gasteiger partial charge is 0.373 e. The van der Waals surface area contributed by atoms with Gasteiger partial charge in [0.25, 0.3) is 0 Å². The third-order valence-electron chi connectivity index (χ3n) is 4.68. The lowest BCUT2D eigenvalue weighted by molar-refractivity contribution is 0.214. The van der Waals surface area contributed by atoms with Crippen LogP contribution in [0.1, 0.15) is 32.1 Å². The zero-order chi connectivity index (χ0) is 16.6. The van der Waals surface area contributed by atoms with Gasteiger partial charge in [-0.05, 0) is 32.0 Å². The highest BCUT2D eigenvalue weighted by molar-refractivity contribution is 5.97. The Kier molecular flexibility index (Phi) is 6.24. The maximum atomic E-state index is 4.94. The van der Waals surface area contributed by atoms with Crippen molar-refractivity contribution in [3.63, 3.8) is 0 Å². The van der Waals surface area contributed by atoms with Crippen molar-refractivity contribution in [2.75, 3.05) is 39.8 Å². The van der Waals surface area contributed by atoms with Crippen LogP contribution < -0.4 is 5.32 Å². The lowest BCUT2D eigenvalue weighted by Gasteiger charge is -2.33. The molecule has 2 fully saturated rings. The lowest BCUT2D eigenvalue weighted by atomic mass is 10.1. The number of nitrogens with zero attached hydrogens (tertiary/aromatic N) is 4. The van der Waals surface area contributed by atoms with E-state index in [2.05, 4.69) is 22.2 Å². The van der Waals surface area contributed by atoms with Gasteiger partial charge in [-0.3, -0.25) is 0 Å². The molecule has 0 atom stereocenters. The van der Waals surface area contributed by atoms with Gasteiger partial charge < -0.3 is 15.1 Å². The molecule has 1 aromatic rings. The van der Waals surface area contributed by atoms with Crippen molar-refractivity contribution in [1.29, 1.82) is 0 Å². The molecule has 0 saturated carbocycles. The smallest absolute Gasteiger partial charge is 0.227 e. The number of guanidine groups is 1. The minimum absolute atomic E-state index is 0.859. The van der Waals surface area contributed by atoms with Gasteiger partial charge in [0.15, 0.2) is 0 Å². The van der Waals surface area contributed by atoms with Gasteiger partial charge in [-0.2, -0.15) is 0 Å². The van der Waals surface area contributed by atoms with E-state index in [1.54, 1.807) is 0 Å². The number of aliphatic imine (C=N–C) groups is 2. The van der Waals surface area contributed by atoms with Gasteiger partial charge in [-0.15, -0.1) is 0 Å². The molecule has 2 saturated heterocycles. The van der Waals surface area contributed by atoms with E-state index in [1.807, 2.05) is 30.3 Å². The first-order valence-corrected chi connectivity index (χ1v) is 9.20. The van der Waals surface area contributed by atoms with Gasteiger partial charge >= 0.3 is 0 Å². The molecule has 5 heteroatoms. The molecule has 2 aliphatic heterocycles. The molecule has 0 amide bonds. The number of amidine groups is 1. The number of rotatable bonds is 1. The number of hydrogen-bond donors (Lipinski definition) is 1. The van der Waals surface area contributed by atoms with E-state index in [1.165, 1.54) is 25.7 Å². The molecule has 0 bridgehead atoms. The highest BCUT2D eigenvalue weighted by Crippen LogP contribution is 2.14. The molecule has 0 spiro atoms. The van der Waals surface area contributed by atoms with Crippen LogP contribution in [0, 0.1) is 0 Å². The minimum Gasteiger partial charge on any atom is -0.373 e. The van der Waals surface area contributed by atoms with Crippen LogP contribution in [0.3, 0.4) is 0 Å². The summed E-state index contributed by atoms with van der Waals surface area (Å²) in [5.74, 6) is 1.96. The molecule has 3 rings (SSSR count). The Hall–Kier alpha value is -1.88. The molecule has 0 radical (unpaired) electrons. The summed E-state index contributed by atoms with van der Waals surface area (Å²) in [7, 11) is 2.17. The number of likely N-dealkylation sites (N-methyl/N-ethyl adjacent to an activating group) is 1. The fraction of sp³-hybridized carbons (Fsp3) is 0.579. The minimum atomic E-state index is 0.859. The van der Waals surface area contributed by atoms with E-state index in [4.69, 9.17) is 9.98 Å². The molecule has 0 aromatic heterocycles. The Balaban J connectivity index is 1.82. The Morgan fingerprint density at radius 3 is 2.50 bits per heavy atom. The summed E-state index contributed by atoms with van der Waals surface area (Å²) in [6.45, 7) is 5.12. The quantitative estimate of drug-likeness (QED) is 0.637. The second-order valence-corrected chi connectivity index (χ2v) is 6.69. The van der Waals surface area contributed by atoms with Crippen LogP contribution in [-0.2, 0) is 0 Å². The summed E-state index contributed by atoms with van der Waals surface area (Å²) in [4.78, 5) is 14.5. The number of para-hydroxylation sites is 1. The summed E-state index contributed by atoms with van der Waals surface area (Å²) >= 11 is 0. The number of benzene rings is 1. The maximum absolute atomic E-state index is 4.94. The van der Waals surface area contributed by atoms with Crippen molar-refractivity contribution in [3.05, 3.63) is 30.3 Å². The Labute approximate surface area is 145 Å². The van der Waals surface area contributed by atoms with Crippen LogP contribution >= 0.6 is 0 Å². The second-order valence-electron chi connectivity index (χ2n) is 6.69. The second kappa shape index (κ2) is 8.83. The van der Waals surface area contributed by atoms with E-state index < -0.39 is 0 Å². The predicted molar refractivity (Wildman–Crippen MR) is 101 cm³/mol. The van der Waals surface area contributed by atoms with Crippen LogP contribution in [0.2, 0.25) is 0 Å². The SMILES string of the molecule is CN1CCN(C(N=C2CCCCCCN2)=Nc2ccccc2)CC1. The van der Waals surface area contributed by atoms with Gasteiger partial charge in [-0.1, -0.05) is 31.0 Å². The molecular formula is C19H29N5. The summed E-state index contributed by atoms with van der Waals surface area (Å²) in [6, 6.07) is 10.2. The summed E-state index contributed by atoms with van der Waals surface area (Å²) in [5, 5.41) is 3.52. The van der Waals surface area contributed by atoms with Gasteiger partial charge in [0.1, 0.15) is 5.84 Å². The zero-order valence-electron chi connectivity index (χ0n) is 14.7. The van der Waals surface area contributed by atoms with Gasteiger partial charge in [0.2, 0.25) is 5.96 Å². The van der Waals surface area contributed by atoms with Gasteiger partial charge in [0, 0.05) is 39.1 Å². The first-order valence-electron chi connectivity index (χ1n) is 9.20. The van der Waals surface area contributed by atoms with Crippen molar-refractivity contribution in [1.82, 2.24) is 15.1 Å². The van der Waals surface area contributed by atoms with Crippen molar-refractivity contribution in [2.45, 2.75) is 32.1 Å². The predicted octanol–water partition coefficient (Wildman–Crippen LogP) is 2.87. The number of piperazine rings is 1. The van der Waals surface area contributed by atoms with E-state index in [9.17, 15) is 0 Å². The molecule has 130 valence electrons. The van der Waals surface area contributed by atoms with Crippen molar-refractivity contribution < 1.29 is 0 Å². The zero-order valence-corrected chi connectivity index (χ0v) is 14.7. The summed E-state index contributed by atoms with van der Waals surface area (Å²) < 4.78 is 0. The fourth-order valence-electron chi connectivity index (χ4n) is 3.10. The normalized spacial score (nSPS) is 22.8. The van der Waals surface area contributed by atoms with Crippen LogP contribution in [0.15, 0.2) is 40.3 Å². The standard InChI is InChI=1S/C19H29N5/c1-23-13-15-24(16-14-23)19(21-17-9-5-4-6-10-17)22-18-11-7-2-3-8-12-20-18/h4-6,9-10H,2-3,7-8,11-16H2,1H3,(H,20,21,22). The Morgan fingerprint density at radius 1 is 0.958 bits per heavy atom. The molecule has 0 aliphatic carbocycles. The van der Waals surface area contributed by atoms with Gasteiger partial charge in [-0.25, -0.2) is 9.98 Å². The maximum Gasteiger partial charge on any atom is 0.227 e. The van der Waals surface area contributed by atoms with E-state index >= 15 is 0 Å². The van der Waals surface area contributed by atoms with Crippen LogP contribution in [-0.4, -0.2) is 61.4 Å². The van der Waals surface area contributed by atoms with Gasteiger partial charge in [0.05, 0.1) is 5.69 Å². The van der Waals surface area contributed by atoms with Crippen LogP contribution in [0.4, 0.5) is 5.69 Å². The number of nitrogens with one attached hydrogen (secondary N) is 1. The molecule has 1 N–H and O–H groups in total. The van der Waals surface area contributed by atoms with E-state index in [-0.39, 0.29) is 0 Å². The molecule has 5 nitrogen and oxygen atoms in total. The molecular weight excluding hydrogens is 298 g/mol. The average molecular weight is 327 g/mol. The Bertz CT molecular complexity index is 548. The van der Waals surface area contributed by atoms with E-state index in [0.29, 0.717) is 0 Å². The summed E-state index contributed by atoms with van der Waals surface area (Å²) in [5.41, 5.74) is 0.974. The first-order chi connectivity index (χ1) is 11.8. The van der Waals surface area contributed by atoms with E-state index in [0.717, 1.165) is 56.6 Å². The number of hydrogen-bond acceptors (Lipinski definition) is 2. The summed E-state index contributed by atoms with van der Waals surface area (Å²) in [6.07, 6.45) is 6.11. The molecule has 0 unspecified atom stereocenters.